The molecule has 1 heterocycles. The number of hydrogen-bond acceptors (Lipinski definition) is 3. The molecule has 114 valence electrons. The topological polar surface area (TPSA) is 37.4 Å². The molecule has 0 amide bonds. The molecule has 8 heteroatoms. The van der Waals surface area contributed by atoms with Crippen LogP contribution in [0, 0.1) is 11.6 Å². The molecule has 0 atom stereocenters. The first kappa shape index (κ1) is 16.5. The minimum Gasteiger partial charge on any atom is -0.207 e. The summed E-state index contributed by atoms with van der Waals surface area (Å²) in [6.45, 7) is 0.214. The van der Waals surface area contributed by atoms with Crippen molar-refractivity contribution < 1.29 is 17.2 Å². The second kappa shape index (κ2) is 6.51. The van der Waals surface area contributed by atoms with Gasteiger partial charge in [-0.1, -0.05) is 6.07 Å². The Hall–Kier alpha value is -0.830. The average molecular weight is 396 g/mol. The summed E-state index contributed by atoms with van der Waals surface area (Å²) in [5.41, 5.74) is 0. The largest absolute Gasteiger partial charge is 0.246 e. The lowest BCUT2D eigenvalue weighted by Gasteiger charge is -2.18. The van der Waals surface area contributed by atoms with Gasteiger partial charge in [-0.2, -0.15) is 0 Å². The van der Waals surface area contributed by atoms with Gasteiger partial charge in [0.15, 0.2) is 0 Å². The van der Waals surface area contributed by atoms with E-state index in [1.165, 1.54) is 18.4 Å². The molecule has 2 rings (SSSR count). The summed E-state index contributed by atoms with van der Waals surface area (Å²) in [4.78, 5) is 0.494. The van der Waals surface area contributed by atoms with E-state index in [-0.39, 0.29) is 11.0 Å². The summed E-state index contributed by atoms with van der Waals surface area (Å²) in [7, 11) is -2.65. The van der Waals surface area contributed by atoms with Crippen LogP contribution in [-0.4, -0.2) is 26.3 Å². The highest BCUT2D eigenvalue weighted by atomic mass is 79.9. The molecule has 1 aromatic heterocycles. The van der Waals surface area contributed by atoms with Crippen molar-refractivity contribution in [2.75, 3.05) is 13.6 Å². The first-order valence-electron chi connectivity index (χ1n) is 5.95. The molecule has 0 saturated carbocycles. The highest BCUT2D eigenvalue weighted by molar-refractivity contribution is 9.10. The monoisotopic (exact) mass is 395 g/mol. The van der Waals surface area contributed by atoms with Gasteiger partial charge in [-0.05, 0) is 39.9 Å². The zero-order valence-corrected chi connectivity index (χ0v) is 14.2. The van der Waals surface area contributed by atoms with Gasteiger partial charge in [0.1, 0.15) is 16.5 Å². The number of hydrogen-bond donors (Lipinski definition) is 0. The van der Waals surface area contributed by atoms with Crippen LogP contribution in [0.1, 0.15) is 4.88 Å². The predicted molar refractivity (Wildman–Crippen MR) is 81.9 cm³/mol. The van der Waals surface area contributed by atoms with E-state index >= 15 is 0 Å². The fraction of sp³-hybridized carbons (Fsp3) is 0.231. The Bertz CT molecular complexity index is 710. The van der Waals surface area contributed by atoms with E-state index in [4.69, 9.17) is 0 Å². The van der Waals surface area contributed by atoms with Crippen LogP contribution in [0.3, 0.4) is 0 Å². The average Bonchev–Trinajstić information content (AvgIpc) is 2.87. The number of benzene rings is 1. The Morgan fingerprint density at radius 3 is 2.62 bits per heavy atom. The van der Waals surface area contributed by atoms with E-state index in [1.807, 2.05) is 17.5 Å². The van der Waals surface area contributed by atoms with Crippen LogP contribution in [0.4, 0.5) is 8.78 Å². The zero-order valence-electron chi connectivity index (χ0n) is 11.0. The van der Waals surface area contributed by atoms with E-state index in [0.717, 1.165) is 15.2 Å². The summed E-state index contributed by atoms with van der Waals surface area (Å²) in [6, 6.07) is 5.28. The van der Waals surface area contributed by atoms with Gasteiger partial charge >= 0.3 is 0 Å². The third-order valence-electron chi connectivity index (χ3n) is 2.88. The van der Waals surface area contributed by atoms with E-state index in [1.54, 1.807) is 0 Å². The van der Waals surface area contributed by atoms with Gasteiger partial charge in [0, 0.05) is 29.0 Å². The van der Waals surface area contributed by atoms with E-state index in [2.05, 4.69) is 15.9 Å². The normalized spacial score (nSPS) is 12.0. The smallest absolute Gasteiger partial charge is 0.207 e. The Morgan fingerprint density at radius 2 is 2.05 bits per heavy atom. The van der Waals surface area contributed by atoms with Gasteiger partial charge in [-0.15, -0.1) is 11.3 Å². The van der Waals surface area contributed by atoms with Crippen LogP contribution in [-0.2, 0) is 16.4 Å². The van der Waals surface area contributed by atoms with Crippen LogP contribution in [0.5, 0.6) is 0 Å². The first-order chi connectivity index (χ1) is 9.82. The summed E-state index contributed by atoms with van der Waals surface area (Å²) < 4.78 is 52.6. The number of halogens is 3. The minimum absolute atomic E-state index is 0.122. The highest BCUT2D eigenvalue weighted by Gasteiger charge is 2.27. The lowest BCUT2D eigenvalue weighted by atomic mass is 10.3. The molecule has 0 aliphatic carbocycles. The van der Waals surface area contributed by atoms with Crippen LogP contribution < -0.4 is 0 Å². The molecule has 0 aliphatic rings. The number of sulfonamides is 1. The van der Waals surface area contributed by atoms with Crippen LogP contribution in [0.25, 0.3) is 0 Å². The van der Waals surface area contributed by atoms with Crippen molar-refractivity contribution >= 4 is 37.3 Å². The molecule has 0 N–H and O–H groups in total. The Morgan fingerprint density at radius 1 is 1.33 bits per heavy atom. The lowest BCUT2D eigenvalue weighted by Crippen LogP contribution is -2.30. The van der Waals surface area contributed by atoms with Crippen molar-refractivity contribution in [1.82, 2.24) is 4.31 Å². The maximum atomic E-state index is 13.8. The highest BCUT2D eigenvalue weighted by Crippen LogP contribution is 2.28. The van der Waals surface area contributed by atoms with E-state index < -0.39 is 26.6 Å². The molecule has 0 radical (unpaired) electrons. The van der Waals surface area contributed by atoms with Gasteiger partial charge in [0.25, 0.3) is 0 Å². The van der Waals surface area contributed by atoms with Crippen molar-refractivity contribution in [3.8, 4) is 0 Å². The second-order valence-corrected chi connectivity index (χ2v) is 8.22. The third-order valence-corrected chi connectivity index (χ3v) is 6.64. The van der Waals surface area contributed by atoms with Crippen molar-refractivity contribution in [2.45, 2.75) is 11.3 Å². The van der Waals surface area contributed by atoms with Crippen molar-refractivity contribution in [3.05, 3.63) is 50.6 Å². The quantitative estimate of drug-likeness (QED) is 0.774. The summed E-state index contributed by atoms with van der Waals surface area (Å²) in [5.74, 6) is -1.94. The minimum atomic E-state index is -4.02. The van der Waals surface area contributed by atoms with Crippen molar-refractivity contribution in [3.63, 3.8) is 0 Å². The standard InChI is InChI=1S/C13H12BrF2NO2S2/c1-17(5-4-10-3-2-6-20-10)21(18,19)13-11(14)7-9(15)8-12(13)16/h2-3,6-8H,4-5H2,1H3. The van der Waals surface area contributed by atoms with Crippen LogP contribution >= 0.6 is 27.3 Å². The van der Waals surface area contributed by atoms with Crippen LogP contribution in [0.15, 0.2) is 39.0 Å². The van der Waals surface area contributed by atoms with Gasteiger partial charge < -0.3 is 0 Å². The molecule has 0 saturated heterocycles. The summed E-state index contributed by atoms with van der Waals surface area (Å²) in [6.07, 6.45) is 0.536. The second-order valence-electron chi connectivity index (χ2n) is 4.35. The SMILES string of the molecule is CN(CCc1cccs1)S(=O)(=O)c1c(F)cc(F)cc1Br. The molecule has 2 aromatic rings. The molecule has 1 aromatic carbocycles. The molecular weight excluding hydrogens is 384 g/mol. The molecule has 3 nitrogen and oxygen atoms in total. The Balaban J connectivity index is 2.25. The number of thiophene rings is 1. The maximum Gasteiger partial charge on any atom is 0.246 e. The summed E-state index contributed by atoms with van der Waals surface area (Å²) >= 11 is 4.43. The number of nitrogens with zero attached hydrogens (tertiary/aromatic N) is 1. The predicted octanol–water partition coefficient (Wildman–Crippen LogP) is 3.65. The summed E-state index contributed by atoms with van der Waals surface area (Å²) in [5, 5.41) is 1.90. The van der Waals surface area contributed by atoms with Crippen molar-refractivity contribution in [1.29, 1.82) is 0 Å². The molecular formula is C13H12BrF2NO2S2. The molecule has 0 fully saturated rings. The number of likely N-dealkylation sites (N-methyl/N-ethyl adjacent to an activating group) is 1. The van der Waals surface area contributed by atoms with Gasteiger partial charge in [-0.25, -0.2) is 21.5 Å². The molecule has 21 heavy (non-hydrogen) atoms. The van der Waals surface area contributed by atoms with Gasteiger partial charge in [0.2, 0.25) is 10.0 Å². The fourth-order valence-corrected chi connectivity index (χ4v) is 4.75. The third kappa shape index (κ3) is 3.68. The van der Waals surface area contributed by atoms with Gasteiger partial charge in [0.05, 0.1) is 0 Å². The van der Waals surface area contributed by atoms with Crippen LogP contribution in [0.2, 0.25) is 0 Å². The lowest BCUT2D eigenvalue weighted by molar-refractivity contribution is 0.464. The maximum absolute atomic E-state index is 13.8. The first-order valence-corrected chi connectivity index (χ1v) is 9.07. The Kier molecular flexibility index (Phi) is 5.13. The fourth-order valence-electron chi connectivity index (χ4n) is 1.77. The van der Waals surface area contributed by atoms with E-state index in [9.17, 15) is 17.2 Å². The molecule has 0 aliphatic heterocycles. The Labute approximate surface area is 134 Å². The van der Waals surface area contributed by atoms with E-state index in [0.29, 0.717) is 12.5 Å². The zero-order chi connectivity index (χ0) is 15.6. The number of rotatable bonds is 5. The molecule has 0 unspecified atom stereocenters. The van der Waals surface area contributed by atoms with Gasteiger partial charge in [-0.3, -0.25) is 0 Å². The molecule has 0 bridgehead atoms. The van der Waals surface area contributed by atoms with Crippen molar-refractivity contribution in [2.24, 2.45) is 0 Å². The molecule has 0 spiro atoms.